The number of unbranched alkanes of at least 4 members (excludes halogenated alkanes) is 1. The topological polar surface area (TPSA) is 64.6 Å². The summed E-state index contributed by atoms with van der Waals surface area (Å²) in [6.45, 7) is 9.25. The van der Waals surface area contributed by atoms with Crippen LogP contribution < -0.4 is 5.32 Å². The van der Waals surface area contributed by atoms with E-state index in [-0.39, 0.29) is 12.2 Å². The fraction of sp³-hybridized carbons (Fsp3) is 0.944. The molecule has 0 spiro atoms. The minimum atomic E-state index is 0.161. The number of methoxy groups -OCH3 is 1. The van der Waals surface area contributed by atoms with Crippen LogP contribution in [0.2, 0.25) is 0 Å². The molecule has 0 amide bonds. The largest absolute Gasteiger partial charge is 0.382 e. The zero-order chi connectivity index (χ0) is 17.7. The first-order valence-corrected chi connectivity index (χ1v) is 9.68. The highest BCUT2D eigenvalue weighted by Gasteiger charge is 2.32. The lowest BCUT2D eigenvalue weighted by Crippen LogP contribution is -2.53. The summed E-state index contributed by atoms with van der Waals surface area (Å²) < 4.78 is 22.2. The van der Waals surface area contributed by atoms with Crippen molar-refractivity contribution in [3.8, 4) is 0 Å². The highest BCUT2D eigenvalue weighted by molar-refractivity contribution is 5.80. The molecule has 1 N–H and O–H groups in total. The molecule has 2 aliphatic rings. The maximum Gasteiger partial charge on any atom is 0.194 e. The lowest BCUT2D eigenvalue weighted by atomic mass is 10.1. The van der Waals surface area contributed by atoms with Crippen molar-refractivity contribution < 1.29 is 18.9 Å². The van der Waals surface area contributed by atoms with Crippen LogP contribution in [0.1, 0.15) is 32.6 Å². The van der Waals surface area contributed by atoms with Crippen molar-refractivity contribution in [3.63, 3.8) is 0 Å². The Morgan fingerprint density at radius 3 is 2.80 bits per heavy atom. The first-order chi connectivity index (χ1) is 12.3. The van der Waals surface area contributed by atoms with E-state index in [9.17, 15) is 0 Å². The molecule has 146 valence electrons. The van der Waals surface area contributed by atoms with Gasteiger partial charge in [-0.25, -0.2) is 0 Å². The summed E-state index contributed by atoms with van der Waals surface area (Å²) in [5.74, 6) is 0.995. The van der Waals surface area contributed by atoms with E-state index in [2.05, 4.69) is 17.1 Å². The lowest BCUT2D eigenvalue weighted by molar-refractivity contribution is -0.0817. The van der Waals surface area contributed by atoms with Gasteiger partial charge in [-0.15, -0.1) is 0 Å². The molecule has 0 aromatic rings. The molecule has 0 aromatic carbocycles. The zero-order valence-electron chi connectivity index (χ0n) is 15.9. The monoisotopic (exact) mass is 357 g/mol. The zero-order valence-corrected chi connectivity index (χ0v) is 15.9. The van der Waals surface area contributed by atoms with Crippen LogP contribution in [0.5, 0.6) is 0 Å². The smallest absolute Gasteiger partial charge is 0.194 e. The van der Waals surface area contributed by atoms with Gasteiger partial charge >= 0.3 is 0 Å². The normalized spacial score (nSPS) is 24.7. The number of guanidine groups is 1. The Morgan fingerprint density at radius 1 is 1.16 bits per heavy atom. The molecular weight excluding hydrogens is 322 g/mol. The van der Waals surface area contributed by atoms with Gasteiger partial charge in [-0.1, -0.05) is 0 Å². The van der Waals surface area contributed by atoms with E-state index in [4.69, 9.17) is 23.9 Å². The Kier molecular flexibility index (Phi) is 10.2. The predicted octanol–water partition coefficient (Wildman–Crippen LogP) is 1.27. The van der Waals surface area contributed by atoms with Crippen LogP contribution in [0.25, 0.3) is 0 Å². The van der Waals surface area contributed by atoms with E-state index >= 15 is 0 Å². The third-order valence-corrected chi connectivity index (χ3v) is 4.50. The summed E-state index contributed by atoms with van der Waals surface area (Å²) in [6.07, 6.45) is 4.71. The molecule has 2 fully saturated rings. The number of nitrogens with zero attached hydrogens (tertiary/aromatic N) is 2. The quantitative estimate of drug-likeness (QED) is 0.361. The molecule has 7 heteroatoms. The Hall–Kier alpha value is -0.890. The molecule has 2 unspecified atom stereocenters. The van der Waals surface area contributed by atoms with Gasteiger partial charge in [-0.2, -0.15) is 0 Å². The number of ether oxygens (including phenoxy) is 4. The number of rotatable bonds is 10. The van der Waals surface area contributed by atoms with Gasteiger partial charge in [0.05, 0.1) is 25.9 Å². The molecule has 2 rings (SSSR count). The second kappa shape index (κ2) is 12.5. The molecule has 2 saturated heterocycles. The fourth-order valence-corrected chi connectivity index (χ4v) is 3.16. The highest BCUT2D eigenvalue weighted by Crippen LogP contribution is 2.21. The fourth-order valence-electron chi connectivity index (χ4n) is 3.16. The summed E-state index contributed by atoms with van der Waals surface area (Å²) in [5.41, 5.74) is 0. The maximum atomic E-state index is 5.93. The minimum Gasteiger partial charge on any atom is -0.382 e. The molecule has 7 nitrogen and oxygen atoms in total. The van der Waals surface area contributed by atoms with Gasteiger partial charge in [0.1, 0.15) is 6.10 Å². The van der Waals surface area contributed by atoms with Crippen molar-refractivity contribution in [1.29, 1.82) is 0 Å². The average Bonchev–Trinajstić information content (AvgIpc) is 3.18. The standard InChI is InChI=1S/C18H35N3O4/c1-3-19-18(20-8-4-5-10-23-14-13-22-2)21-9-12-25-17(15-21)16-7-6-11-24-16/h16-17H,3-15H2,1-2H3,(H,19,20). The third kappa shape index (κ3) is 7.48. The Morgan fingerprint density at radius 2 is 2.04 bits per heavy atom. The summed E-state index contributed by atoms with van der Waals surface area (Å²) >= 11 is 0. The van der Waals surface area contributed by atoms with E-state index in [1.54, 1.807) is 7.11 Å². The predicted molar refractivity (Wildman–Crippen MR) is 98.2 cm³/mol. The van der Waals surface area contributed by atoms with Crippen molar-refractivity contribution in [1.82, 2.24) is 10.2 Å². The molecule has 0 radical (unpaired) electrons. The highest BCUT2D eigenvalue weighted by atomic mass is 16.5. The summed E-state index contributed by atoms with van der Waals surface area (Å²) in [6, 6.07) is 0. The van der Waals surface area contributed by atoms with Gasteiger partial charge in [-0.05, 0) is 32.6 Å². The Bertz CT molecular complexity index is 375. The van der Waals surface area contributed by atoms with Crippen LogP contribution in [0, 0.1) is 0 Å². The van der Waals surface area contributed by atoms with E-state index < -0.39 is 0 Å². The molecule has 0 saturated carbocycles. The maximum absolute atomic E-state index is 5.93. The van der Waals surface area contributed by atoms with Crippen molar-refractivity contribution in [2.75, 3.05) is 66.3 Å². The molecule has 2 aliphatic heterocycles. The van der Waals surface area contributed by atoms with Crippen LogP contribution in [-0.4, -0.2) is 89.4 Å². The summed E-state index contributed by atoms with van der Waals surface area (Å²) in [7, 11) is 1.69. The van der Waals surface area contributed by atoms with E-state index in [1.807, 2.05) is 0 Å². The molecule has 0 bridgehead atoms. The lowest BCUT2D eigenvalue weighted by Gasteiger charge is -2.37. The van der Waals surface area contributed by atoms with Crippen LogP contribution >= 0.6 is 0 Å². The first kappa shape index (κ1) is 20.4. The van der Waals surface area contributed by atoms with Crippen molar-refractivity contribution in [2.24, 2.45) is 4.99 Å². The van der Waals surface area contributed by atoms with Gasteiger partial charge in [0.25, 0.3) is 0 Å². The second-order valence-electron chi connectivity index (χ2n) is 6.45. The second-order valence-corrected chi connectivity index (χ2v) is 6.45. The SMILES string of the molecule is CCNC(=NCCCCOCCOC)N1CCOC(C2CCCO2)C1. The molecule has 25 heavy (non-hydrogen) atoms. The number of nitrogens with one attached hydrogen (secondary N) is 1. The number of morpholine rings is 1. The number of hydrogen-bond donors (Lipinski definition) is 1. The number of hydrogen-bond acceptors (Lipinski definition) is 5. The molecule has 0 aromatic heterocycles. The molecular formula is C18H35N3O4. The van der Waals surface area contributed by atoms with Crippen molar-refractivity contribution in [3.05, 3.63) is 0 Å². The van der Waals surface area contributed by atoms with Crippen LogP contribution in [0.3, 0.4) is 0 Å². The van der Waals surface area contributed by atoms with E-state index in [0.717, 1.165) is 77.6 Å². The van der Waals surface area contributed by atoms with Gasteiger partial charge in [0.2, 0.25) is 0 Å². The van der Waals surface area contributed by atoms with Gasteiger partial charge in [0.15, 0.2) is 5.96 Å². The van der Waals surface area contributed by atoms with Gasteiger partial charge < -0.3 is 29.2 Å². The Labute approximate surface area is 152 Å². The van der Waals surface area contributed by atoms with Crippen LogP contribution in [0.4, 0.5) is 0 Å². The molecule has 2 atom stereocenters. The van der Waals surface area contributed by atoms with Crippen LogP contribution in [-0.2, 0) is 18.9 Å². The third-order valence-electron chi connectivity index (χ3n) is 4.50. The average molecular weight is 357 g/mol. The first-order valence-electron chi connectivity index (χ1n) is 9.68. The summed E-state index contributed by atoms with van der Waals surface area (Å²) in [5, 5.41) is 3.41. The van der Waals surface area contributed by atoms with Gasteiger partial charge in [-0.3, -0.25) is 4.99 Å². The summed E-state index contributed by atoms with van der Waals surface area (Å²) in [4.78, 5) is 7.10. The molecule has 2 heterocycles. The van der Waals surface area contributed by atoms with Crippen molar-refractivity contribution >= 4 is 5.96 Å². The number of aliphatic imine (C=N–C) groups is 1. The minimum absolute atomic E-state index is 0.161. The van der Waals surface area contributed by atoms with Gasteiger partial charge in [0, 0.05) is 46.5 Å². The van der Waals surface area contributed by atoms with Crippen LogP contribution in [0.15, 0.2) is 4.99 Å². The molecule has 0 aliphatic carbocycles. The van der Waals surface area contributed by atoms with Crippen molar-refractivity contribution in [2.45, 2.75) is 44.8 Å². The Balaban J connectivity index is 1.72. The van der Waals surface area contributed by atoms with E-state index in [1.165, 1.54) is 0 Å². The van der Waals surface area contributed by atoms with E-state index in [0.29, 0.717) is 13.2 Å².